The van der Waals surface area contributed by atoms with Crippen LogP contribution in [0, 0.1) is 18.3 Å². The molecule has 1 amide bonds. The van der Waals surface area contributed by atoms with Gasteiger partial charge in [-0.3, -0.25) is 4.79 Å². The van der Waals surface area contributed by atoms with Gasteiger partial charge in [0.15, 0.2) is 11.5 Å². The number of hydrogen-bond donors (Lipinski definition) is 1. The van der Waals surface area contributed by atoms with E-state index in [1.165, 1.54) is 0 Å². The number of hydrogen-bond acceptors (Lipinski definition) is 7. The number of nitrogens with one attached hydrogen (secondary N) is 1. The van der Waals surface area contributed by atoms with Crippen LogP contribution in [-0.4, -0.2) is 42.0 Å². The minimum absolute atomic E-state index is 0.285. The van der Waals surface area contributed by atoms with E-state index in [4.69, 9.17) is 24.5 Å². The molecular formula is C26H25N5O4. The van der Waals surface area contributed by atoms with Crippen molar-refractivity contribution in [1.29, 1.82) is 5.26 Å². The van der Waals surface area contributed by atoms with Gasteiger partial charge in [0.25, 0.3) is 5.91 Å². The highest BCUT2D eigenvalue weighted by Crippen LogP contribution is 2.41. The monoisotopic (exact) mass is 471 g/mol. The van der Waals surface area contributed by atoms with Crippen LogP contribution < -0.4 is 19.5 Å². The fourth-order valence-corrected chi connectivity index (χ4v) is 3.90. The second-order valence-electron chi connectivity index (χ2n) is 7.74. The third-order valence-electron chi connectivity index (χ3n) is 5.50. The summed E-state index contributed by atoms with van der Waals surface area (Å²) in [6, 6.07) is 16.6. The molecule has 0 bridgehead atoms. The average molecular weight is 472 g/mol. The van der Waals surface area contributed by atoms with Gasteiger partial charge in [0.1, 0.15) is 5.82 Å². The second kappa shape index (κ2) is 10.1. The average Bonchev–Trinajstić information content (AvgIpc) is 3.23. The SMILES string of the molecule is COc1cc(-c2cc(C(=O)Nc3cc(C)nn3CCC#N)c3ccccc3n2)cc(OC)c1OC. The standard InChI is InChI=1S/C26H25N5O4/c1-16-12-24(31(30-16)11-7-10-27)29-26(32)19-15-21(28-20-9-6-5-8-18(19)20)17-13-22(33-2)25(35-4)23(14-17)34-3/h5-6,8-9,12-15H,7,11H2,1-4H3,(H,29,32). The molecule has 9 nitrogen and oxygen atoms in total. The molecule has 0 aliphatic carbocycles. The first kappa shape index (κ1) is 23.6. The predicted molar refractivity (Wildman–Crippen MR) is 132 cm³/mol. The fourth-order valence-electron chi connectivity index (χ4n) is 3.90. The minimum atomic E-state index is -0.310. The summed E-state index contributed by atoms with van der Waals surface area (Å²) in [4.78, 5) is 18.3. The number of pyridine rings is 1. The van der Waals surface area contributed by atoms with E-state index >= 15 is 0 Å². The Hall–Kier alpha value is -4.58. The zero-order chi connectivity index (χ0) is 24.9. The number of carbonyl (C=O) groups excluding carboxylic acids is 1. The molecule has 35 heavy (non-hydrogen) atoms. The predicted octanol–water partition coefficient (Wildman–Crippen LogP) is 4.60. The summed E-state index contributed by atoms with van der Waals surface area (Å²) >= 11 is 0. The molecule has 0 saturated heterocycles. The Morgan fingerprint density at radius 1 is 1.06 bits per heavy atom. The van der Waals surface area contributed by atoms with Crippen LogP contribution in [0.5, 0.6) is 17.2 Å². The van der Waals surface area contributed by atoms with E-state index in [2.05, 4.69) is 16.5 Å². The molecule has 0 spiro atoms. The fraction of sp³-hybridized carbons (Fsp3) is 0.231. The Bertz CT molecular complexity index is 1410. The maximum atomic E-state index is 13.5. The Kier molecular flexibility index (Phi) is 6.83. The summed E-state index contributed by atoms with van der Waals surface area (Å²) in [6.45, 7) is 2.22. The number of rotatable bonds is 8. The molecule has 2 aromatic heterocycles. The number of methoxy groups -OCH3 is 3. The zero-order valence-corrected chi connectivity index (χ0v) is 20.0. The van der Waals surface area contributed by atoms with Gasteiger partial charge in [0.05, 0.1) is 62.8 Å². The van der Waals surface area contributed by atoms with E-state index in [0.717, 1.165) is 5.69 Å². The third-order valence-corrected chi connectivity index (χ3v) is 5.50. The van der Waals surface area contributed by atoms with E-state index in [0.29, 0.717) is 57.3 Å². The van der Waals surface area contributed by atoms with E-state index < -0.39 is 0 Å². The van der Waals surface area contributed by atoms with Gasteiger partial charge in [0, 0.05) is 17.0 Å². The quantitative estimate of drug-likeness (QED) is 0.400. The summed E-state index contributed by atoms with van der Waals surface area (Å²) in [7, 11) is 4.64. The molecule has 0 unspecified atom stereocenters. The van der Waals surface area contributed by atoms with Crippen molar-refractivity contribution in [3.8, 4) is 34.6 Å². The van der Waals surface area contributed by atoms with Crippen molar-refractivity contribution < 1.29 is 19.0 Å². The van der Waals surface area contributed by atoms with Crippen molar-refractivity contribution in [2.24, 2.45) is 0 Å². The summed E-state index contributed by atoms with van der Waals surface area (Å²) in [5, 5.41) is 17.0. The van der Waals surface area contributed by atoms with Gasteiger partial charge >= 0.3 is 0 Å². The minimum Gasteiger partial charge on any atom is -0.493 e. The number of fused-ring (bicyclic) bond motifs is 1. The topological polar surface area (TPSA) is 111 Å². The number of anilines is 1. The number of carbonyl (C=O) groups is 1. The molecule has 9 heteroatoms. The number of aromatic nitrogens is 3. The van der Waals surface area contributed by atoms with Crippen LogP contribution in [-0.2, 0) is 6.54 Å². The summed E-state index contributed by atoms with van der Waals surface area (Å²) in [5.74, 6) is 1.66. The van der Waals surface area contributed by atoms with Gasteiger partial charge in [-0.05, 0) is 31.2 Å². The molecule has 0 atom stereocenters. The number of aryl methyl sites for hydroxylation is 2. The van der Waals surface area contributed by atoms with Crippen molar-refractivity contribution in [1.82, 2.24) is 14.8 Å². The second-order valence-corrected chi connectivity index (χ2v) is 7.74. The third kappa shape index (κ3) is 4.73. The van der Waals surface area contributed by atoms with Crippen molar-refractivity contribution >= 4 is 22.6 Å². The Balaban J connectivity index is 1.81. The van der Waals surface area contributed by atoms with Crippen molar-refractivity contribution in [3.63, 3.8) is 0 Å². The number of benzene rings is 2. The lowest BCUT2D eigenvalue weighted by Gasteiger charge is -2.15. The maximum absolute atomic E-state index is 13.5. The molecule has 2 heterocycles. The number of amides is 1. The van der Waals surface area contributed by atoms with Crippen LogP contribution in [0.4, 0.5) is 5.82 Å². The van der Waals surface area contributed by atoms with Gasteiger partial charge in [-0.2, -0.15) is 10.4 Å². The lowest BCUT2D eigenvalue weighted by Crippen LogP contribution is -2.16. The largest absolute Gasteiger partial charge is 0.493 e. The summed E-state index contributed by atoms with van der Waals surface area (Å²) in [6.07, 6.45) is 0.285. The van der Waals surface area contributed by atoms with Crippen molar-refractivity contribution in [2.45, 2.75) is 19.9 Å². The molecule has 0 aliphatic rings. The number of nitriles is 1. The molecule has 0 radical (unpaired) electrons. The van der Waals surface area contributed by atoms with E-state index in [1.807, 2.05) is 31.2 Å². The van der Waals surface area contributed by atoms with Gasteiger partial charge in [-0.1, -0.05) is 18.2 Å². The van der Waals surface area contributed by atoms with Crippen molar-refractivity contribution in [3.05, 3.63) is 59.8 Å². The molecule has 4 rings (SSSR count). The highest BCUT2D eigenvalue weighted by atomic mass is 16.5. The van der Waals surface area contributed by atoms with Crippen LogP contribution in [0.15, 0.2) is 48.5 Å². The Labute approximate surface area is 202 Å². The molecule has 0 fully saturated rings. The molecule has 0 aliphatic heterocycles. The lowest BCUT2D eigenvalue weighted by molar-refractivity contribution is 0.102. The number of para-hydroxylation sites is 1. The first-order valence-electron chi connectivity index (χ1n) is 10.9. The molecule has 1 N–H and O–H groups in total. The van der Waals surface area contributed by atoms with Gasteiger partial charge < -0.3 is 19.5 Å². The lowest BCUT2D eigenvalue weighted by atomic mass is 10.0. The van der Waals surface area contributed by atoms with Crippen LogP contribution >= 0.6 is 0 Å². The number of nitrogens with zero attached hydrogens (tertiary/aromatic N) is 4. The van der Waals surface area contributed by atoms with Crippen LogP contribution in [0.25, 0.3) is 22.2 Å². The number of ether oxygens (including phenoxy) is 3. The van der Waals surface area contributed by atoms with Gasteiger partial charge in [-0.25, -0.2) is 9.67 Å². The van der Waals surface area contributed by atoms with Crippen LogP contribution in [0.1, 0.15) is 22.5 Å². The van der Waals surface area contributed by atoms with Gasteiger partial charge in [0.2, 0.25) is 5.75 Å². The smallest absolute Gasteiger partial charge is 0.257 e. The zero-order valence-electron chi connectivity index (χ0n) is 20.0. The molecule has 2 aromatic carbocycles. The molecule has 0 saturated carbocycles. The molecule has 4 aromatic rings. The molecular weight excluding hydrogens is 446 g/mol. The highest BCUT2D eigenvalue weighted by Gasteiger charge is 2.19. The van der Waals surface area contributed by atoms with E-state index in [1.54, 1.807) is 50.3 Å². The Morgan fingerprint density at radius 2 is 1.77 bits per heavy atom. The Morgan fingerprint density at radius 3 is 2.43 bits per heavy atom. The highest BCUT2D eigenvalue weighted by molar-refractivity contribution is 6.12. The maximum Gasteiger partial charge on any atom is 0.257 e. The molecule has 178 valence electrons. The first-order chi connectivity index (χ1) is 17.0. The van der Waals surface area contributed by atoms with Gasteiger partial charge in [-0.15, -0.1) is 0 Å². The van der Waals surface area contributed by atoms with E-state index in [-0.39, 0.29) is 12.3 Å². The van der Waals surface area contributed by atoms with Crippen LogP contribution in [0.2, 0.25) is 0 Å². The summed E-state index contributed by atoms with van der Waals surface area (Å²) in [5.41, 5.74) is 3.13. The first-order valence-corrected chi connectivity index (χ1v) is 10.9. The van der Waals surface area contributed by atoms with Crippen molar-refractivity contribution in [2.75, 3.05) is 26.6 Å². The van der Waals surface area contributed by atoms with E-state index in [9.17, 15) is 4.79 Å². The summed E-state index contributed by atoms with van der Waals surface area (Å²) < 4.78 is 18.0. The van der Waals surface area contributed by atoms with Crippen LogP contribution in [0.3, 0.4) is 0 Å². The normalized spacial score (nSPS) is 10.6.